The number of amides is 14. The van der Waals surface area contributed by atoms with Crippen LogP contribution in [0, 0.1) is 0 Å². The number of para-hydroxylation sites is 1. The minimum atomic E-state index is -1.83. The molecule has 132 heavy (non-hydrogen) atoms. The molecule has 5 heterocycles. The number of aromatic nitrogens is 1. The average Bonchev–Trinajstić information content (AvgIpc) is 1.69. The standard InChI is InChI=1S/C88H125N19O25/c1-3-4-5-9-19-64-82(123)98-66(46-60-49-91-62-18-11-10-17-61(60)62)80(121)94-51-73(110)96-63(20-12-13-28-90-88(130)106-39-35-104(36-40-106)55-79(119)120)81(122)100-67(47-76(113)114)86(127)107-30-14-21-68(107)84(125)95-50-72(109)93-52-75(112)101(2)70(45-57-15-7-6-8-16-57)85(126)99-65(83(124)97-64)44-58-22-24-59(25-23-58)48-92-74(111)56-132-43-42-131-41-29-89-71(108)27-26-69(87(128)129)105-37-33-102(53-77(115)116)31-32-103(34-38-105)54-78(117)118/h6-8,10-11,15-18,22-25,49,63-70,91H,3-5,9,12-14,19-21,26-48,50-56H2,1-2H3,(H,89,108)(H,90,130)(H,92,111)(H,93,109)(H,94,121)(H,95,125)(H,96,110)(H,97,124)(H,98,123)(H,99,126)(H,100,122)(H,113,114)(H,115,116)(H,117,118)(H,119,120)(H,128,129)/t63-,64-,65-,66-,67-,68+,69?,70-/m0/s1. The summed E-state index contributed by atoms with van der Waals surface area (Å²) >= 11 is 0. The van der Waals surface area contributed by atoms with Crippen molar-refractivity contribution in [3.8, 4) is 0 Å². The minimum Gasteiger partial charge on any atom is -0.481 e. The normalized spacial score (nSPS) is 21.0. The second kappa shape index (κ2) is 54.8. The van der Waals surface area contributed by atoms with E-state index in [1.165, 1.54) is 11.9 Å². The van der Waals surface area contributed by atoms with Crippen LogP contribution in [0.4, 0.5) is 4.79 Å². The number of aliphatic carboxylic acids is 5. The van der Waals surface area contributed by atoms with E-state index in [-0.39, 0.29) is 195 Å². The lowest BCUT2D eigenvalue weighted by Gasteiger charge is -2.33. The molecule has 14 amide bonds. The number of nitrogens with one attached hydrogen (secondary N) is 12. The third-order valence-corrected chi connectivity index (χ3v) is 23.1. The Morgan fingerprint density at radius 1 is 0.485 bits per heavy atom. The highest BCUT2D eigenvalue weighted by atomic mass is 16.5. The number of aromatic amines is 1. The zero-order chi connectivity index (χ0) is 95.6. The van der Waals surface area contributed by atoms with Crippen molar-refractivity contribution in [2.45, 2.75) is 165 Å². The predicted octanol–water partition coefficient (Wildman–Crippen LogP) is -3.08. The highest BCUT2D eigenvalue weighted by Gasteiger charge is 2.41. The maximum atomic E-state index is 15.4. The molecule has 8 rings (SSSR count). The number of likely N-dealkylation sites (N-methyl/N-ethyl adjacent to an activating group) is 1. The van der Waals surface area contributed by atoms with Crippen LogP contribution in [0.5, 0.6) is 0 Å². The van der Waals surface area contributed by atoms with E-state index in [2.05, 4.69) is 63.5 Å². The average molecular weight is 1850 g/mol. The van der Waals surface area contributed by atoms with Gasteiger partial charge in [-0.15, -0.1) is 0 Å². The largest absolute Gasteiger partial charge is 0.481 e. The molecular weight excluding hydrogens is 1720 g/mol. The van der Waals surface area contributed by atoms with Gasteiger partial charge in [-0.1, -0.05) is 105 Å². The molecule has 0 saturated carbocycles. The number of benzene rings is 3. The Bertz CT molecular complexity index is 4560. The third kappa shape index (κ3) is 35.8. The molecule has 722 valence electrons. The molecule has 0 radical (unpaired) electrons. The summed E-state index contributed by atoms with van der Waals surface area (Å²) in [5, 5.41) is 78.4. The number of carboxylic acids is 5. The van der Waals surface area contributed by atoms with Crippen molar-refractivity contribution in [2.75, 3.05) is 158 Å². The first-order valence-corrected chi connectivity index (χ1v) is 44.6. The lowest BCUT2D eigenvalue weighted by atomic mass is 9.99. The van der Waals surface area contributed by atoms with Crippen LogP contribution in [0.3, 0.4) is 0 Å². The van der Waals surface area contributed by atoms with Crippen molar-refractivity contribution in [2.24, 2.45) is 0 Å². The van der Waals surface area contributed by atoms with Gasteiger partial charge in [-0.3, -0.25) is 101 Å². The molecular formula is C88H125N19O25. The molecule has 4 aliphatic rings. The van der Waals surface area contributed by atoms with Crippen molar-refractivity contribution >= 4 is 118 Å². The fraction of sp³-hybridized carbons (Fsp3) is 0.568. The van der Waals surface area contributed by atoms with Gasteiger partial charge in [-0.25, -0.2) is 4.79 Å². The minimum absolute atomic E-state index is 0.00147. The number of hydrogen-bond donors (Lipinski definition) is 17. The molecule has 4 fully saturated rings. The van der Waals surface area contributed by atoms with E-state index in [0.29, 0.717) is 59.1 Å². The maximum Gasteiger partial charge on any atom is 0.320 e. The summed E-state index contributed by atoms with van der Waals surface area (Å²) in [6, 6.07) is 10.3. The summed E-state index contributed by atoms with van der Waals surface area (Å²) in [5.74, 6) is -15.9. The monoisotopic (exact) mass is 1850 g/mol. The molecule has 4 aliphatic heterocycles. The Kier molecular flexibility index (Phi) is 43.4. The number of carbonyl (C=O) groups is 18. The molecule has 8 atom stereocenters. The summed E-state index contributed by atoms with van der Waals surface area (Å²) < 4.78 is 11.1. The van der Waals surface area contributed by atoms with Crippen molar-refractivity contribution < 1.29 is 121 Å². The molecule has 0 aliphatic carbocycles. The van der Waals surface area contributed by atoms with Crippen LogP contribution >= 0.6 is 0 Å². The van der Waals surface area contributed by atoms with Gasteiger partial charge in [0.05, 0.1) is 65.5 Å². The van der Waals surface area contributed by atoms with Crippen LogP contribution in [-0.2, 0) is 117 Å². The molecule has 4 aromatic rings. The fourth-order valence-corrected chi connectivity index (χ4v) is 15.8. The summed E-state index contributed by atoms with van der Waals surface area (Å²) in [5.41, 5.74) is 2.84. The first kappa shape index (κ1) is 105. The topological polar surface area (TPSA) is 598 Å². The molecule has 0 spiro atoms. The van der Waals surface area contributed by atoms with Crippen molar-refractivity contribution in [1.82, 2.24) is 97.8 Å². The van der Waals surface area contributed by atoms with Crippen LogP contribution < -0.4 is 58.5 Å². The van der Waals surface area contributed by atoms with Crippen molar-refractivity contribution in [3.63, 3.8) is 0 Å². The highest BCUT2D eigenvalue weighted by molar-refractivity contribution is 6.00. The molecule has 17 N–H and O–H groups in total. The molecule has 4 saturated heterocycles. The Labute approximate surface area is 763 Å². The van der Waals surface area contributed by atoms with Crippen LogP contribution in [0.25, 0.3) is 10.9 Å². The summed E-state index contributed by atoms with van der Waals surface area (Å²) in [6.45, 7) is 1.01. The highest BCUT2D eigenvalue weighted by Crippen LogP contribution is 2.23. The second-order valence-corrected chi connectivity index (χ2v) is 33.0. The zero-order valence-electron chi connectivity index (χ0n) is 74.5. The summed E-state index contributed by atoms with van der Waals surface area (Å²) in [4.78, 5) is 258. The van der Waals surface area contributed by atoms with Crippen LogP contribution in [0.2, 0.25) is 0 Å². The first-order valence-electron chi connectivity index (χ1n) is 44.6. The van der Waals surface area contributed by atoms with Gasteiger partial charge in [0, 0.05) is 141 Å². The quantitative estimate of drug-likeness (QED) is 0.0197. The first-order chi connectivity index (χ1) is 63.3. The number of rotatable bonds is 39. The zero-order valence-corrected chi connectivity index (χ0v) is 74.5. The number of piperazine rings is 1. The lowest BCUT2D eigenvalue weighted by Crippen LogP contribution is -2.60. The number of fused-ring (bicyclic) bond motifs is 2. The van der Waals surface area contributed by atoms with Gasteiger partial charge in [0.1, 0.15) is 54.9 Å². The second-order valence-electron chi connectivity index (χ2n) is 33.0. The fourth-order valence-electron chi connectivity index (χ4n) is 15.8. The van der Waals surface area contributed by atoms with Gasteiger partial charge in [0.2, 0.25) is 70.9 Å². The van der Waals surface area contributed by atoms with E-state index >= 15 is 14.4 Å². The number of nitrogens with zero attached hydrogens (tertiary/aromatic N) is 7. The number of urea groups is 1. The lowest BCUT2D eigenvalue weighted by molar-refractivity contribution is -0.146. The van der Waals surface area contributed by atoms with E-state index < -0.39 is 181 Å². The Balaban J connectivity index is 0.974. The van der Waals surface area contributed by atoms with Gasteiger partial charge >= 0.3 is 35.9 Å². The van der Waals surface area contributed by atoms with E-state index in [4.69, 9.17) is 9.47 Å². The molecule has 1 unspecified atom stereocenters. The summed E-state index contributed by atoms with van der Waals surface area (Å²) in [6.07, 6.45) is 2.67. The Hall–Kier alpha value is -12.8. The van der Waals surface area contributed by atoms with Gasteiger partial charge in [-0.2, -0.15) is 0 Å². The summed E-state index contributed by atoms with van der Waals surface area (Å²) in [7, 11) is 1.31. The van der Waals surface area contributed by atoms with Gasteiger partial charge < -0.3 is 113 Å². The molecule has 44 heteroatoms. The van der Waals surface area contributed by atoms with E-state index in [1.54, 1.807) is 105 Å². The number of unbranched alkanes of at least 4 members (excludes halogenated alkanes) is 4. The smallest absolute Gasteiger partial charge is 0.320 e. The van der Waals surface area contributed by atoms with Crippen molar-refractivity contribution in [1.29, 1.82) is 0 Å². The molecule has 44 nitrogen and oxygen atoms in total. The Morgan fingerprint density at radius 3 is 1.70 bits per heavy atom. The third-order valence-electron chi connectivity index (χ3n) is 23.1. The molecule has 3 aromatic carbocycles. The number of ether oxygens (including phenoxy) is 2. The number of carbonyl (C=O) groups excluding carboxylic acids is 13. The van der Waals surface area contributed by atoms with Gasteiger partial charge in [0.15, 0.2) is 0 Å². The van der Waals surface area contributed by atoms with E-state index in [0.717, 1.165) is 22.6 Å². The number of hydrogen-bond acceptors (Lipinski definition) is 24. The predicted molar refractivity (Wildman–Crippen MR) is 473 cm³/mol. The molecule has 0 bridgehead atoms. The SMILES string of the molecule is CCCCCC[C@@H]1NC(=O)[C@H](Cc2ccc(CNC(=O)COCCOCCNC(=O)CCC(C(=O)O)N3CCN(CC(=O)O)CCN(CC(=O)O)CC3)cc2)NC(=O)[C@H](Cc2ccccc2)N(C)C(=O)CNC(=O)CNC(=O)[C@H]2CCCN2C(=O)[C@H](CC(=O)O)NC(=O)[C@H](CCCCNC(=O)N2CCN(CC(=O)O)CC2)NC(=O)CNC(=O)[C@H](Cc2c[nH]c3ccccc23)NC1=O. The van der Waals surface area contributed by atoms with E-state index in [9.17, 15) is 97.5 Å². The van der Waals surface area contributed by atoms with Crippen LogP contribution in [0.1, 0.15) is 113 Å². The van der Waals surface area contributed by atoms with Gasteiger partial charge in [-0.05, 0) is 73.3 Å². The van der Waals surface area contributed by atoms with E-state index in [1.807, 2.05) is 6.92 Å². The Morgan fingerprint density at radius 2 is 1.05 bits per heavy atom. The molecule has 1 aromatic heterocycles. The van der Waals surface area contributed by atoms with Crippen LogP contribution in [0.15, 0.2) is 85.1 Å². The van der Waals surface area contributed by atoms with Crippen LogP contribution in [-0.4, -0.2) is 378 Å². The number of H-pyrrole nitrogens is 1. The maximum absolute atomic E-state index is 15.4. The van der Waals surface area contributed by atoms with Crippen molar-refractivity contribution in [3.05, 3.63) is 107 Å². The number of carboxylic acid groups (broad SMARTS) is 5. The van der Waals surface area contributed by atoms with Gasteiger partial charge in [0.25, 0.3) is 0 Å².